The van der Waals surface area contributed by atoms with E-state index in [1.54, 1.807) is 20.2 Å². The Labute approximate surface area is 197 Å². The van der Waals surface area contributed by atoms with Crippen LogP contribution in [0.2, 0.25) is 0 Å². The Balaban J connectivity index is 0.00000450. The van der Waals surface area contributed by atoms with Crippen LogP contribution >= 0.6 is 24.0 Å². The fourth-order valence-corrected chi connectivity index (χ4v) is 3.28. The number of piperazine rings is 1. The number of aliphatic imine (C=N–C) groups is 1. The van der Waals surface area contributed by atoms with E-state index in [1.165, 1.54) is 6.07 Å². The van der Waals surface area contributed by atoms with Gasteiger partial charge in [0.1, 0.15) is 5.82 Å². The Kier molecular flexibility index (Phi) is 14.8. The molecule has 1 aliphatic rings. The van der Waals surface area contributed by atoms with Crippen molar-refractivity contribution in [3.63, 3.8) is 0 Å². The highest BCUT2D eigenvalue weighted by atomic mass is 127. The minimum absolute atomic E-state index is 0. The molecule has 0 radical (unpaired) electrons. The van der Waals surface area contributed by atoms with Crippen molar-refractivity contribution in [3.8, 4) is 0 Å². The summed E-state index contributed by atoms with van der Waals surface area (Å²) >= 11 is 0. The lowest BCUT2D eigenvalue weighted by atomic mass is 10.2. The van der Waals surface area contributed by atoms with E-state index in [1.807, 2.05) is 12.1 Å². The largest absolute Gasteiger partial charge is 0.382 e. The lowest BCUT2D eigenvalue weighted by Crippen LogP contribution is -2.47. The zero-order chi connectivity index (χ0) is 20.7. The minimum Gasteiger partial charge on any atom is -0.382 e. The summed E-state index contributed by atoms with van der Waals surface area (Å²) in [5, 5.41) is 6.65. The van der Waals surface area contributed by atoms with E-state index in [0.29, 0.717) is 25.5 Å². The fraction of sp³-hybridized carbons (Fsp3) is 0.667. The first-order valence-corrected chi connectivity index (χ1v) is 10.5. The summed E-state index contributed by atoms with van der Waals surface area (Å²) in [7, 11) is 3.46. The van der Waals surface area contributed by atoms with Gasteiger partial charge in [-0.25, -0.2) is 4.39 Å². The normalized spacial score (nSPS) is 15.0. The van der Waals surface area contributed by atoms with E-state index >= 15 is 0 Å². The zero-order valence-electron chi connectivity index (χ0n) is 18.2. The molecule has 0 spiro atoms. The second kappa shape index (κ2) is 16.5. The number of nitrogens with zero attached hydrogens (tertiary/aromatic N) is 3. The van der Waals surface area contributed by atoms with Crippen LogP contribution in [0, 0.1) is 5.82 Å². The maximum Gasteiger partial charge on any atom is 0.190 e. The van der Waals surface area contributed by atoms with Gasteiger partial charge in [-0.15, -0.1) is 24.0 Å². The summed E-state index contributed by atoms with van der Waals surface area (Å²) in [6.45, 7) is 8.37. The number of hydrogen-bond acceptors (Lipinski definition) is 5. The van der Waals surface area contributed by atoms with Crippen molar-refractivity contribution in [2.45, 2.75) is 12.8 Å². The number of rotatable bonds is 12. The molecule has 0 atom stereocenters. The average Bonchev–Trinajstić information content (AvgIpc) is 2.75. The Morgan fingerprint density at radius 3 is 2.40 bits per heavy atom. The van der Waals surface area contributed by atoms with Gasteiger partial charge in [0.2, 0.25) is 0 Å². The Hall–Kier alpha value is -1.17. The molecule has 1 fully saturated rings. The molecule has 0 aromatic heterocycles. The van der Waals surface area contributed by atoms with Crippen LogP contribution in [-0.4, -0.2) is 90.7 Å². The maximum atomic E-state index is 13.9. The Morgan fingerprint density at radius 1 is 1.03 bits per heavy atom. The second-order valence-corrected chi connectivity index (χ2v) is 7.02. The van der Waals surface area contributed by atoms with E-state index in [2.05, 4.69) is 25.4 Å². The topological polar surface area (TPSA) is 61.4 Å². The van der Waals surface area contributed by atoms with E-state index in [4.69, 9.17) is 9.47 Å². The average molecular weight is 537 g/mol. The first-order chi connectivity index (χ1) is 14.2. The highest BCUT2D eigenvalue weighted by molar-refractivity contribution is 14.0. The van der Waals surface area contributed by atoms with Crippen LogP contribution in [0.25, 0.3) is 0 Å². The first-order valence-electron chi connectivity index (χ1n) is 10.5. The fourth-order valence-electron chi connectivity index (χ4n) is 3.28. The van der Waals surface area contributed by atoms with Crippen LogP contribution in [0.4, 0.5) is 10.1 Å². The molecule has 1 aliphatic heterocycles. The van der Waals surface area contributed by atoms with Gasteiger partial charge in [-0.05, 0) is 31.5 Å². The third kappa shape index (κ3) is 10.2. The number of guanidine groups is 1. The molecule has 1 aromatic rings. The van der Waals surface area contributed by atoms with Crippen LogP contribution in [0.3, 0.4) is 0 Å². The van der Waals surface area contributed by atoms with Crippen molar-refractivity contribution in [3.05, 3.63) is 30.1 Å². The number of hydrogen-bond donors (Lipinski definition) is 2. The summed E-state index contributed by atoms with van der Waals surface area (Å²) in [5.74, 6) is 0.692. The van der Waals surface area contributed by atoms with Crippen molar-refractivity contribution in [1.29, 1.82) is 0 Å². The third-order valence-electron chi connectivity index (χ3n) is 4.92. The maximum absolute atomic E-state index is 13.9. The quantitative estimate of drug-likeness (QED) is 0.185. The molecule has 0 amide bonds. The summed E-state index contributed by atoms with van der Waals surface area (Å²) in [6, 6.07) is 7.02. The Bertz CT molecular complexity index is 601. The zero-order valence-corrected chi connectivity index (χ0v) is 20.6. The van der Waals surface area contributed by atoms with Gasteiger partial charge in [0, 0.05) is 60.0 Å². The highest BCUT2D eigenvalue weighted by Gasteiger charge is 2.18. The number of nitrogens with one attached hydrogen (secondary N) is 2. The van der Waals surface area contributed by atoms with Crippen molar-refractivity contribution in [2.24, 2.45) is 4.99 Å². The monoisotopic (exact) mass is 537 g/mol. The molecular formula is C21H37FIN5O2. The van der Waals surface area contributed by atoms with Gasteiger partial charge in [-0.2, -0.15) is 0 Å². The van der Waals surface area contributed by atoms with Gasteiger partial charge in [0.15, 0.2) is 5.96 Å². The molecule has 9 heteroatoms. The molecular weight excluding hydrogens is 500 g/mol. The van der Waals surface area contributed by atoms with Crippen molar-refractivity contribution in [2.75, 3.05) is 84.7 Å². The van der Waals surface area contributed by atoms with E-state index in [0.717, 1.165) is 64.6 Å². The third-order valence-corrected chi connectivity index (χ3v) is 4.92. The van der Waals surface area contributed by atoms with Gasteiger partial charge < -0.3 is 25.0 Å². The van der Waals surface area contributed by atoms with Crippen LogP contribution in [0.5, 0.6) is 0 Å². The number of para-hydroxylation sites is 1. The molecule has 2 N–H and O–H groups in total. The van der Waals surface area contributed by atoms with Crippen LogP contribution < -0.4 is 15.5 Å². The molecule has 0 bridgehead atoms. The number of methoxy groups -OCH3 is 1. The lowest BCUT2D eigenvalue weighted by molar-refractivity contribution is 0.0698. The van der Waals surface area contributed by atoms with Gasteiger partial charge >= 0.3 is 0 Å². The van der Waals surface area contributed by atoms with E-state index < -0.39 is 0 Å². The predicted octanol–water partition coefficient (Wildman–Crippen LogP) is 2.17. The molecule has 0 saturated carbocycles. The summed E-state index contributed by atoms with van der Waals surface area (Å²) in [4.78, 5) is 8.82. The van der Waals surface area contributed by atoms with Crippen molar-refractivity contribution >= 4 is 35.6 Å². The molecule has 7 nitrogen and oxygen atoms in total. The predicted molar refractivity (Wildman–Crippen MR) is 132 cm³/mol. The summed E-state index contributed by atoms with van der Waals surface area (Å²) in [5.41, 5.74) is 0.716. The molecule has 0 aliphatic carbocycles. The summed E-state index contributed by atoms with van der Waals surface area (Å²) in [6.07, 6.45) is 1.97. The van der Waals surface area contributed by atoms with E-state index in [-0.39, 0.29) is 29.8 Å². The molecule has 1 aromatic carbocycles. The number of anilines is 1. The number of benzene rings is 1. The van der Waals surface area contributed by atoms with Crippen molar-refractivity contribution in [1.82, 2.24) is 15.5 Å². The van der Waals surface area contributed by atoms with Gasteiger partial charge in [0.05, 0.1) is 18.9 Å². The van der Waals surface area contributed by atoms with Crippen LogP contribution in [0.1, 0.15) is 12.8 Å². The van der Waals surface area contributed by atoms with Crippen LogP contribution in [0.15, 0.2) is 29.3 Å². The van der Waals surface area contributed by atoms with E-state index in [9.17, 15) is 4.39 Å². The smallest absolute Gasteiger partial charge is 0.190 e. The highest BCUT2D eigenvalue weighted by Crippen LogP contribution is 2.20. The molecule has 1 saturated heterocycles. The van der Waals surface area contributed by atoms with Crippen LogP contribution in [-0.2, 0) is 9.47 Å². The molecule has 0 unspecified atom stereocenters. The molecule has 1 heterocycles. The molecule has 30 heavy (non-hydrogen) atoms. The van der Waals surface area contributed by atoms with Gasteiger partial charge in [-0.3, -0.25) is 9.89 Å². The van der Waals surface area contributed by atoms with Crippen molar-refractivity contribution < 1.29 is 13.9 Å². The standard InChI is InChI=1S/C21H36FN5O2.HI/c1-23-21(25-10-6-16-29-18-17-28-2)24-9-5-11-26-12-14-27(15-13-26)20-8-4-3-7-19(20)22;/h3-4,7-8H,5-6,9-18H2,1-2H3,(H2,23,24,25);1H. The van der Waals surface area contributed by atoms with Gasteiger partial charge in [-0.1, -0.05) is 12.1 Å². The molecule has 172 valence electrons. The van der Waals surface area contributed by atoms with Gasteiger partial charge in [0.25, 0.3) is 0 Å². The Morgan fingerprint density at radius 2 is 1.73 bits per heavy atom. The second-order valence-electron chi connectivity index (χ2n) is 7.02. The summed E-state index contributed by atoms with van der Waals surface area (Å²) < 4.78 is 24.3. The number of halogens is 2. The SMILES string of the molecule is CN=C(NCCCOCCOC)NCCCN1CCN(c2ccccc2F)CC1.I. The first kappa shape index (κ1) is 26.9. The molecule has 2 rings (SSSR count). The minimum atomic E-state index is -0.134. The lowest BCUT2D eigenvalue weighted by Gasteiger charge is -2.36. The number of ether oxygens (including phenoxy) is 2.